The van der Waals surface area contributed by atoms with Crippen molar-refractivity contribution in [1.82, 2.24) is 10.2 Å². The van der Waals surface area contributed by atoms with E-state index in [0.29, 0.717) is 5.15 Å². The minimum absolute atomic E-state index is 0.241. The number of nitrogens with zero attached hydrogens (tertiary/aromatic N) is 1. The SMILES string of the molecule is Oc1ccc(-c2cc(Cl)[nH]n2)cc1. The topological polar surface area (TPSA) is 48.9 Å². The molecule has 0 saturated carbocycles. The van der Waals surface area contributed by atoms with Gasteiger partial charge >= 0.3 is 0 Å². The number of benzene rings is 1. The highest BCUT2D eigenvalue weighted by Crippen LogP contribution is 2.21. The summed E-state index contributed by atoms with van der Waals surface area (Å²) in [6.45, 7) is 0. The zero-order chi connectivity index (χ0) is 9.26. The van der Waals surface area contributed by atoms with E-state index in [1.165, 1.54) is 0 Å². The zero-order valence-electron chi connectivity index (χ0n) is 6.66. The van der Waals surface area contributed by atoms with Gasteiger partial charge in [-0.1, -0.05) is 11.6 Å². The van der Waals surface area contributed by atoms with E-state index in [0.717, 1.165) is 11.3 Å². The van der Waals surface area contributed by atoms with Crippen LogP contribution in [0.5, 0.6) is 5.75 Å². The summed E-state index contributed by atoms with van der Waals surface area (Å²) in [6, 6.07) is 8.51. The molecule has 0 bridgehead atoms. The van der Waals surface area contributed by atoms with Gasteiger partial charge in [0, 0.05) is 11.6 Å². The van der Waals surface area contributed by atoms with E-state index in [4.69, 9.17) is 16.7 Å². The van der Waals surface area contributed by atoms with Gasteiger partial charge in [-0.15, -0.1) is 0 Å². The first-order valence-electron chi connectivity index (χ1n) is 3.76. The fourth-order valence-corrected chi connectivity index (χ4v) is 1.22. The molecule has 0 saturated heterocycles. The molecule has 0 amide bonds. The van der Waals surface area contributed by atoms with Gasteiger partial charge in [0.05, 0.1) is 5.69 Å². The largest absolute Gasteiger partial charge is 0.508 e. The number of halogens is 1. The third-order valence-electron chi connectivity index (χ3n) is 1.71. The number of H-pyrrole nitrogens is 1. The molecule has 0 aliphatic heterocycles. The molecule has 1 aromatic carbocycles. The fourth-order valence-electron chi connectivity index (χ4n) is 1.08. The molecular weight excluding hydrogens is 188 g/mol. The normalized spacial score (nSPS) is 10.2. The maximum atomic E-state index is 9.05. The molecule has 0 aliphatic carbocycles. The van der Waals surface area contributed by atoms with Gasteiger partial charge in [-0.25, -0.2) is 0 Å². The Morgan fingerprint density at radius 1 is 1.23 bits per heavy atom. The predicted molar refractivity (Wildman–Crippen MR) is 50.7 cm³/mol. The highest BCUT2D eigenvalue weighted by molar-refractivity contribution is 6.29. The van der Waals surface area contributed by atoms with E-state index in [1.807, 2.05) is 0 Å². The number of rotatable bonds is 1. The summed E-state index contributed by atoms with van der Waals surface area (Å²) in [5.41, 5.74) is 1.69. The molecular formula is C9H7ClN2O. The minimum Gasteiger partial charge on any atom is -0.508 e. The number of phenols is 1. The molecule has 0 fully saturated rings. The molecule has 0 radical (unpaired) electrons. The summed E-state index contributed by atoms with van der Waals surface area (Å²) in [5.74, 6) is 0.241. The number of aromatic nitrogens is 2. The van der Waals surface area contributed by atoms with Crippen LogP contribution in [0.3, 0.4) is 0 Å². The molecule has 2 N–H and O–H groups in total. The Labute approximate surface area is 80.0 Å². The van der Waals surface area contributed by atoms with Gasteiger partial charge in [-0.05, 0) is 24.3 Å². The molecule has 1 aromatic heterocycles. The molecule has 0 unspecified atom stereocenters. The van der Waals surface area contributed by atoms with E-state index in [2.05, 4.69) is 10.2 Å². The number of hydrogen-bond donors (Lipinski definition) is 2. The van der Waals surface area contributed by atoms with Crippen LogP contribution in [0.15, 0.2) is 30.3 Å². The van der Waals surface area contributed by atoms with Gasteiger partial charge in [0.25, 0.3) is 0 Å². The first-order valence-corrected chi connectivity index (χ1v) is 4.14. The summed E-state index contributed by atoms with van der Waals surface area (Å²) in [5, 5.41) is 16.2. The second-order valence-electron chi connectivity index (χ2n) is 2.65. The Hall–Kier alpha value is -1.48. The first kappa shape index (κ1) is 8.13. The predicted octanol–water partition coefficient (Wildman–Crippen LogP) is 2.44. The van der Waals surface area contributed by atoms with Gasteiger partial charge in [-0.3, -0.25) is 5.10 Å². The van der Waals surface area contributed by atoms with Crippen LogP contribution in [0.25, 0.3) is 11.3 Å². The van der Waals surface area contributed by atoms with Gasteiger partial charge in [0.1, 0.15) is 10.9 Å². The minimum atomic E-state index is 0.241. The maximum absolute atomic E-state index is 9.05. The van der Waals surface area contributed by atoms with Crippen LogP contribution in [0.1, 0.15) is 0 Å². The molecule has 1 heterocycles. The Bertz CT molecular complexity index is 408. The van der Waals surface area contributed by atoms with E-state index in [-0.39, 0.29) is 5.75 Å². The van der Waals surface area contributed by atoms with Crippen LogP contribution in [-0.2, 0) is 0 Å². The molecule has 66 valence electrons. The van der Waals surface area contributed by atoms with Crippen LogP contribution in [0, 0.1) is 0 Å². The standard InChI is InChI=1S/C9H7ClN2O/c10-9-5-8(11-12-9)6-1-3-7(13)4-2-6/h1-5,13H,(H,11,12). The van der Waals surface area contributed by atoms with Crippen molar-refractivity contribution in [1.29, 1.82) is 0 Å². The van der Waals surface area contributed by atoms with Gasteiger partial charge in [0.15, 0.2) is 0 Å². The average molecular weight is 195 g/mol. The van der Waals surface area contributed by atoms with E-state index in [9.17, 15) is 0 Å². The average Bonchev–Trinajstić information content (AvgIpc) is 2.53. The number of phenolic OH excluding ortho intramolecular Hbond substituents is 1. The molecule has 13 heavy (non-hydrogen) atoms. The van der Waals surface area contributed by atoms with Crippen LogP contribution < -0.4 is 0 Å². The highest BCUT2D eigenvalue weighted by Gasteiger charge is 2.01. The van der Waals surface area contributed by atoms with Crippen molar-refractivity contribution in [3.8, 4) is 17.0 Å². The second-order valence-corrected chi connectivity index (χ2v) is 3.06. The Balaban J connectivity index is 2.41. The molecule has 3 nitrogen and oxygen atoms in total. The maximum Gasteiger partial charge on any atom is 0.124 e. The Morgan fingerprint density at radius 2 is 1.92 bits per heavy atom. The summed E-state index contributed by atoms with van der Waals surface area (Å²) in [4.78, 5) is 0. The first-order chi connectivity index (χ1) is 6.25. The number of aromatic hydroxyl groups is 1. The molecule has 4 heteroatoms. The molecule has 0 atom stereocenters. The lowest BCUT2D eigenvalue weighted by molar-refractivity contribution is 0.475. The molecule has 0 aliphatic rings. The summed E-state index contributed by atoms with van der Waals surface area (Å²) >= 11 is 5.67. The van der Waals surface area contributed by atoms with Gasteiger partial charge < -0.3 is 5.11 Å². The van der Waals surface area contributed by atoms with Gasteiger partial charge in [-0.2, -0.15) is 5.10 Å². The molecule has 2 aromatic rings. The summed E-state index contributed by atoms with van der Waals surface area (Å²) < 4.78 is 0. The van der Waals surface area contributed by atoms with Crippen LogP contribution in [0.4, 0.5) is 0 Å². The number of aromatic amines is 1. The van der Waals surface area contributed by atoms with E-state index in [1.54, 1.807) is 30.3 Å². The third-order valence-corrected chi connectivity index (χ3v) is 1.90. The van der Waals surface area contributed by atoms with Crippen molar-refractivity contribution in [2.75, 3.05) is 0 Å². The van der Waals surface area contributed by atoms with Crippen molar-refractivity contribution >= 4 is 11.6 Å². The van der Waals surface area contributed by atoms with Crippen molar-refractivity contribution in [2.45, 2.75) is 0 Å². The monoisotopic (exact) mass is 194 g/mol. The number of nitrogens with one attached hydrogen (secondary N) is 1. The lowest BCUT2D eigenvalue weighted by atomic mass is 10.1. The summed E-state index contributed by atoms with van der Waals surface area (Å²) in [7, 11) is 0. The van der Waals surface area contributed by atoms with Crippen molar-refractivity contribution < 1.29 is 5.11 Å². The zero-order valence-corrected chi connectivity index (χ0v) is 7.42. The van der Waals surface area contributed by atoms with Crippen LogP contribution in [-0.4, -0.2) is 15.3 Å². The Kier molecular flexibility index (Phi) is 1.94. The molecule has 0 spiro atoms. The summed E-state index contributed by atoms with van der Waals surface area (Å²) in [6.07, 6.45) is 0. The van der Waals surface area contributed by atoms with E-state index < -0.39 is 0 Å². The second kappa shape index (κ2) is 3.11. The smallest absolute Gasteiger partial charge is 0.124 e. The highest BCUT2D eigenvalue weighted by atomic mass is 35.5. The lowest BCUT2D eigenvalue weighted by Gasteiger charge is -1.95. The molecule has 2 rings (SSSR count). The number of hydrogen-bond acceptors (Lipinski definition) is 2. The lowest BCUT2D eigenvalue weighted by Crippen LogP contribution is -1.76. The van der Waals surface area contributed by atoms with E-state index >= 15 is 0 Å². The van der Waals surface area contributed by atoms with Crippen molar-refractivity contribution in [2.24, 2.45) is 0 Å². The van der Waals surface area contributed by atoms with Crippen molar-refractivity contribution in [3.05, 3.63) is 35.5 Å². The fraction of sp³-hybridized carbons (Fsp3) is 0. The van der Waals surface area contributed by atoms with Crippen LogP contribution >= 0.6 is 11.6 Å². The third kappa shape index (κ3) is 1.65. The van der Waals surface area contributed by atoms with Crippen LogP contribution in [0.2, 0.25) is 5.15 Å². The quantitative estimate of drug-likeness (QED) is 0.733. The van der Waals surface area contributed by atoms with Crippen molar-refractivity contribution in [3.63, 3.8) is 0 Å². The van der Waals surface area contributed by atoms with Gasteiger partial charge in [0.2, 0.25) is 0 Å². The Morgan fingerprint density at radius 3 is 2.46 bits per heavy atom.